The standard InChI is InChI=1S/C14H19FN2/c15-13-7-12(16)3-4-14(13)17-8-11-6-9-1-2-10(11)5-9/h3-4,7,9-11,17H,1-2,5-6,8,16H2. The maximum atomic E-state index is 13.6. The zero-order valence-corrected chi connectivity index (χ0v) is 9.95. The second kappa shape index (κ2) is 4.21. The van der Waals surface area contributed by atoms with Crippen molar-refractivity contribution < 1.29 is 4.39 Å². The van der Waals surface area contributed by atoms with Gasteiger partial charge in [0.05, 0.1) is 5.69 Å². The van der Waals surface area contributed by atoms with E-state index >= 15 is 0 Å². The number of anilines is 2. The molecule has 0 heterocycles. The number of rotatable bonds is 3. The molecule has 0 saturated heterocycles. The van der Waals surface area contributed by atoms with Crippen LogP contribution in [0.15, 0.2) is 18.2 Å². The normalized spacial score (nSPS) is 30.8. The van der Waals surface area contributed by atoms with Crippen LogP contribution in [0.1, 0.15) is 25.7 Å². The van der Waals surface area contributed by atoms with Gasteiger partial charge >= 0.3 is 0 Å². The third-order valence-electron chi connectivity index (χ3n) is 4.43. The number of nitrogens with two attached hydrogens (primary N) is 1. The van der Waals surface area contributed by atoms with Crippen LogP contribution < -0.4 is 11.1 Å². The molecule has 2 aliphatic carbocycles. The number of hydrogen-bond acceptors (Lipinski definition) is 2. The van der Waals surface area contributed by atoms with Crippen LogP contribution in [0.25, 0.3) is 0 Å². The number of benzene rings is 1. The smallest absolute Gasteiger partial charge is 0.148 e. The van der Waals surface area contributed by atoms with Gasteiger partial charge in [0.2, 0.25) is 0 Å². The van der Waals surface area contributed by atoms with Gasteiger partial charge in [-0.2, -0.15) is 0 Å². The largest absolute Gasteiger partial charge is 0.399 e. The third kappa shape index (κ3) is 2.11. The first-order valence-electron chi connectivity index (χ1n) is 6.51. The monoisotopic (exact) mass is 234 g/mol. The highest BCUT2D eigenvalue weighted by molar-refractivity contribution is 5.52. The zero-order chi connectivity index (χ0) is 11.8. The average Bonchev–Trinajstić information content (AvgIpc) is 2.89. The molecule has 0 amide bonds. The minimum atomic E-state index is -0.242. The lowest BCUT2D eigenvalue weighted by molar-refractivity contribution is 0.348. The van der Waals surface area contributed by atoms with Crippen LogP contribution in [0.3, 0.4) is 0 Å². The lowest BCUT2D eigenvalue weighted by atomic mass is 9.89. The number of halogens is 1. The number of fused-ring (bicyclic) bond motifs is 2. The van der Waals surface area contributed by atoms with E-state index in [0.29, 0.717) is 11.4 Å². The van der Waals surface area contributed by atoms with E-state index in [9.17, 15) is 4.39 Å². The van der Waals surface area contributed by atoms with Crippen LogP contribution >= 0.6 is 0 Å². The second-order valence-corrected chi connectivity index (χ2v) is 5.56. The molecule has 3 heteroatoms. The minimum absolute atomic E-state index is 0.242. The quantitative estimate of drug-likeness (QED) is 0.788. The van der Waals surface area contributed by atoms with Gasteiger partial charge < -0.3 is 11.1 Å². The summed E-state index contributed by atoms with van der Waals surface area (Å²) in [4.78, 5) is 0. The summed E-state index contributed by atoms with van der Waals surface area (Å²) in [7, 11) is 0. The van der Waals surface area contributed by atoms with Crippen molar-refractivity contribution in [2.75, 3.05) is 17.6 Å². The van der Waals surface area contributed by atoms with Crippen molar-refractivity contribution in [2.45, 2.75) is 25.7 Å². The van der Waals surface area contributed by atoms with Gasteiger partial charge in [-0.05, 0) is 55.2 Å². The minimum Gasteiger partial charge on any atom is -0.399 e. The Labute approximate surface area is 101 Å². The molecule has 2 nitrogen and oxygen atoms in total. The van der Waals surface area contributed by atoms with Gasteiger partial charge in [-0.25, -0.2) is 4.39 Å². The van der Waals surface area contributed by atoms with Crippen molar-refractivity contribution in [3.8, 4) is 0 Å². The molecule has 1 aromatic rings. The van der Waals surface area contributed by atoms with Gasteiger partial charge in [-0.1, -0.05) is 6.42 Å². The summed E-state index contributed by atoms with van der Waals surface area (Å²) >= 11 is 0. The Morgan fingerprint density at radius 1 is 1.29 bits per heavy atom. The second-order valence-electron chi connectivity index (χ2n) is 5.56. The maximum Gasteiger partial charge on any atom is 0.148 e. The summed E-state index contributed by atoms with van der Waals surface area (Å²) in [6, 6.07) is 4.85. The molecular formula is C14H19FN2. The number of hydrogen-bond donors (Lipinski definition) is 2. The van der Waals surface area contributed by atoms with Crippen LogP contribution in [0.2, 0.25) is 0 Å². The molecule has 2 saturated carbocycles. The Hall–Kier alpha value is -1.25. The fraction of sp³-hybridized carbons (Fsp3) is 0.571. The molecule has 3 rings (SSSR count). The predicted octanol–water partition coefficient (Wildman–Crippen LogP) is 3.26. The summed E-state index contributed by atoms with van der Waals surface area (Å²) < 4.78 is 13.6. The number of nitrogens with one attached hydrogen (secondary N) is 1. The van der Waals surface area contributed by atoms with Gasteiger partial charge in [0, 0.05) is 12.2 Å². The Bertz CT molecular complexity index is 419. The van der Waals surface area contributed by atoms with Gasteiger partial charge in [-0.15, -0.1) is 0 Å². The van der Waals surface area contributed by atoms with E-state index < -0.39 is 0 Å². The Kier molecular flexibility index (Phi) is 2.69. The van der Waals surface area contributed by atoms with Crippen molar-refractivity contribution in [2.24, 2.45) is 17.8 Å². The van der Waals surface area contributed by atoms with E-state index in [0.717, 1.165) is 24.3 Å². The molecule has 92 valence electrons. The average molecular weight is 234 g/mol. The molecule has 1 aromatic carbocycles. The summed E-state index contributed by atoms with van der Waals surface area (Å²) in [6.07, 6.45) is 5.52. The van der Waals surface area contributed by atoms with E-state index in [1.165, 1.54) is 31.7 Å². The highest BCUT2D eigenvalue weighted by Gasteiger charge is 2.39. The molecule has 0 aromatic heterocycles. The molecule has 0 radical (unpaired) electrons. The number of nitrogen functional groups attached to an aromatic ring is 1. The maximum absolute atomic E-state index is 13.6. The summed E-state index contributed by atoms with van der Waals surface area (Å²) in [5.41, 5.74) is 6.59. The van der Waals surface area contributed by atoms with Crippen molar-refractivity contribution in [3.05, 3.63) is 24.0 Å². The van der Waals surface area contributed by atoms with E-state index in [1.54, 1.807) is 12.1 Å². The van der Waals surface area contributed by atoms with Crippen molar-refractivity contribution in [3.63, 3.8) is 0 Å². The van der Waals surface area contributed by atoms with Gasteiger partial charge in [0.15, 0.2) is 0 Å². The van der Waals surface area contributed by atoms with Crippen LogP contribution in [-0.4, -0.2) is 6.54 Å². The SMILES string of the molecule is Nc1ccc(NCC2CC3CCC2C3)c(F)c1. The highest BCUT2D eigenvalue weighted by Crippen LogP contribution is 2.48. The predicted molar refractivity (Wildman–Crippen MR) is 68.2 cm³/mol. The molecule has 3 atom stereocenters. The van der Waals surface area contributed by atoms with Crippen molar-refractivity contribution in [1.29, 1.82) is 0 Å². The Balaban J connectivity index is 1.60. The highest BCUT2D eigenvalue weighted by atomic mass is 19.1. The fourth-order valence-corrected chi connectivity index (χ4v) is 3.54. The molecule has 3 N–H and O–H groups in total. The van der Waals surface area contributed by atoms with Crippen LogP contribution in [-0.2, 0) is 0 Å². The molecule has 0 spiro atoms. The molecule has 17 heavy (non-hydrogen) atoms. The lowest BCUT2D eigenvalue weighted by Crippen LogP contribution is -2.20. The van der Waals surface area contributed by atoms with E-state index in [-0.39, 0.29) is 5.82 Å². The van der Waals surface area contributed by atoms with Crippen LogP contribution in [0.5, 0.6) is 0 Å². The van der Waals surface area contributed by atoms with E-state index in [1.807, 2.05) is 0 Å². The summed E-state index contributed by atoms with van der Waals surface area (Å²) in [5.74, 6) is 2.33. The first-order chi connectivity index (χ1) is 8.22. The van der Waals surface area contributed by atoms with E-state index in [4.69, 9.17) is 5.73 Å². The van der Waals surface area contributed by atoms with Gasteiger partial charge in [0.1, 0.15) is 5.82 Å². The molecule has 2 fully saturated rings. The van der Waals surface area contributed by atoms with Crippen molar-refractivity contribution in [1.82, 2.24) is 0 Å². The molecule has 2 aliphatic rings. The van der Waals surface area contributed by atoms with Crippen LogP contribution in [0, 0.1) is 23.6 Å². The zero-order valence-electron chi connectivity index (χ0n) is 9.95. The molecule has 0 aliphatic heterocycles. The van der Waals surface area contributed by atoms with Gasteiger partial charge in [0.25, 0.3) is 0 Å². The molecular weight excluding hydrogens is 215 g/mol. The van der Waals surface area contributed by atoms with Gasteiger partial charge in [-0.3, -0.25) is 0 Å². The van der Waals surface area contributed by atoms with Crippen LogP contribution in [0.4, 0.5) is 15.8 Å². The first kappa shape index (κ1) is 10.9. The van der Waals surface area contributed by atoms with E-state index in [2.05, 4.69) is 5.32 Å². The third-order valence-corrected chi connectivity index (χ3v) is 4.43. The Morgan fingerprint density at radius 3 is 2.82 bits per heavy atom. The Morgan fingerprint density at radius 2 is 2.18 bits per heavy atom. The lowest BCUT2D eigenvalue weighted by Gasteiger charge is -2.22. The molecule has 3 unspecified atom stereocenters. The summed E-state index contributed by atoms with van der Waals surface area (Å²) in [6.45, 7) is 0.905. The summed E-state index contributed by atoms with van der Waals surface area (Å²) in [5, 5.41) is 3.24. The topological polar surface area (TPSA) is 38.0 Å². The first-order valence-corrected chi connectivity index (χ1v) is 6.51. The molecule has 2 bridgehead atoms. The van der Waals surface area contributed by atoms with Crippen molar-refractivity contribution >= 4 is 11.4 Å². The fourth-order valence-electron chi connectivity index (χ4n) is 3.54.